The molecule has 3 rings (SSSR count). The second-order valence-electron chi connectivity index (χ2n) is 6.47. The number of hydrogen-bond acceptors (Lipinski definition) is 2. The highest BCUT2D eigenvalue weighted by Crippen LogP contribution is 2.45. The number of hydrogen-bond donors (Lipinski definition) is 0. The molecule has 3 aliphatic rings. The third-order valence-electron chi connectivity index (χ3n) is 5.20. The number of likely N-dealkylation sites (tertiary alicyclic amines) is 1. The monoisotopic (exact) mass is 259 g/mol. The average molecular weight is 259 g/mol. The summed E-state index contributed by atoms with van der Waals surface area (Å²) >= 11 is 0. The first kappa shape index (κ1) is 13.1. The molecule has 3 unspecified atom stereocenters. The van der Waals surface area contributed by atoms with Crippen LogP contribution in [0.1, 0.15) is 58.8 Å². The first-order valence-corrected chi connectivity index (χ1v) is 7.85. The van der Waals surface area contributed by atoms with Crippen molar-refractivity contribution in [1.29, 1.82) is 0 Å². The van der Waals surface area contributed by atoms with Crippen molar-refractivity contribution in [3.63, 3.8) is 0 Å². The average Bonchev–Trinajstić information content (AvgIpc) is 2.42. The molecule has 19 heavy (non-hydrogen) atoms. The van der Waals surface area contributed by atoms with Gasteiger partial charge in [-0.25, -0.2) is 0 Å². The Morgan fingerprint density at radius 3 is 2.58 bits per heavy atom. The first-order valence-electron chi connectivity index (χ1n) is 7.85. The molecule has 0 radical (unpaired) electrons. The molecule has 2 aliphatic carbocycles. The van der Waals surface area contributed by atoms with Gasteiger partial charge in [-0.1, -0.05) is 24.6 Å². The van der Waals surface area contributed by atoms with Crippen LogP contribution >= 0.6 is 0 Å². The van der Waals surface area contributed by atoms with Crippen LogP contribution in [-0.2, 0) is 4.79 Å². The van der Waals surface area contributed by atoms with Crippen LogP contribution in [0.15, 0.2) is 23.8 Å². The third kappa shape index (κ3) is 1.92. The Bertz CT molecular complexity index is 429. The number of carbonyl (C=O) groups is 1. The first-order chi connectivity index (χ1) is 9.16. The molecule has 0 aromatic rings. The van der Waals surface area contributed by atoms with E-state index in [1.54, 1.807) is 0 Å². The number of nitrogens with zero attached hydrogens (tertiary/aromatic N) is 1. The smallest absolute Gasteiger partial charge is 0.157 e. The van der Waals surface area contributed by atoms with E-state index < -0.39 is 0 Å². The van der Waals surface area contributed by atoms with Gasteiger partial charge >= 0.3 is 0 Å². The van der Waals surface area contributed by atoms with Crippen LogP contribution in [0.3, 0.4) is 0 Å². The van der Waals surface area contributed by atoms with Gasteiger partial charge in [0.05, 0.1) is 0 Å². The molecule has 0 bridgehead atoms. The van der Waals surface area contributed by atoms with Gasteiger partial charge in [0.15, 0.2) is 5.78 Å². The SMILES string of the molecule is CC1CC(C)N1C1(C2=CCCC=C2)CCCCC1=O. The quantitative estimate of drug-likeness (QED) is 0.755. The number of carbonyl (C=O) groups excluding carboxylic acids is 1. The van der Waals surface area contributed by atoms with Gasteiger partial charge in [0.1, 0.15) is 5.54 Å². The highest BCUT2D eigenvalue weighted by molar-refractivity contribution is 5.93. The second kappa shape index (κ2) is 4.90. The predicted molar refractivity (Wildman–Crippen MR) is 78.0 cm³/mol. The van der Waals surface area contributed by atoms with E-state index in [4.69, 9.17) is 0 Å². The van der Waals surface area contributed by atoms with E-state index in [1.165, 1.54) is 18.4 Å². The van der Waals surface area contributed by atoms with Gasteiger partial charge in [0.25, 0.3) is 0 Å². The summed E-state index contributed by atoms with van der Waals surface area (Å²) in [5, 5.41) is 0. The number of rotatable bonds is 2. The number of allylic oxidation sites excluding steroid dienone is 2. The van der Waals surface area contributed by atoms with Crippen molar-refractivity contribution >= 4 is 5.78 Å². The van der Waals surface area contributed by atoms with Gasteiger partial charge in [-0.3, -0.25) is 9.69 Å². The minimum Gasteiger partial charge on any atom is -0.297 e. The lowest BCUT2D eigenvalue weighted by molar-refractivity contribution is -0.142. The van der Waals surface area contributed by atoms with E-state index in [0.29, 0.717) is 17.9 Å². The van der Waals surface area contributed by atoms with Crippen LogP contribution in [-0.4, -0.2) is 28.3 Å². The predicted octanol–water partition coefficient (Wildman–Crippen LogP) is 3.63. The Morgan fingerprint density at radius 1 is 1.21 bits per heavy atom. The van der Waals surface area contributed by atoms with Crippen LogP contribution in [0.5, 0.6) is 0 Å². The summed E-state index contributed by atoms with van der Waals surface area (Å²) in [6, 6.07) is 1.10. The molecule has 0 aromatic heterocycles. The standard InChI is InChI=1S/C17H25NO/c1-13-12-14(2)18(13)17(11-7-6-10-16(17)19)15-8-4-3-5-9-15/h4,8-9,13-14H,3,5-7,10-12H2,1-2H3. The Morgan fingerprint density at radius 2 is 2.00 bits per heavy atom. The molecule has 0 amide bonds. The van der Waals surface area contributed by atoms with E-state index in [-0.39, 0.29) is 5.54 Å². The van der Waals surface area contributed by atoms with Gasteiger partial charge in [-0.15, -0.1) is 0 Å². The molecule has 0 spiro atoms. The maximum Gasteiger partial charge on any atom is 0.157 e. The lowest BCUT2D eigenvalue weighted by Crippen LogP contribution is -2.69. The van der Waals surface area contributed by atoms with Crippen molar-refractivity contribution in [1.82, 2.24) is 4.90 Å². The Labute approximate surface area is 116 Å². The van der Waals surface area contributed by atoms with Crippen molar-refractivity contribution in [2.45, 2.75) is 76.4 Å². The van der Waals surface area contributed by atoms with Gasteiger partial charge in [0.2, 0.25) is 0 Å². The molecule has 2 fully saturated rings. The molecule has 1 aliphatic heterocycles. The summed E-state index contributed by atoms with van der Waals surface area (Å²) < 4.78 is 0. The zero-order chi connectivity index (χ0) is 13.5. The van der Waals surface area contributed by atoms with Gasteiger partial charge < -0.3 is 0 Å². The summed E-state index contributed by atoms with van der Waals surface area (Å²) in [6.07, 6.45) is 14.3. The van der Waals surface area contributed by atoms with Crippen molar-refractivity contribution in [2.75, 3.05) is 0 Å². The summed E-state index contributed by atoms with van der Waals surface area (Å²) in [6.45, 7) is 4.55. The highest BCUT2D eigenvalue weighted by Gasteiger charge is 2.53. The van der Waals surface area contributed by atoms with Crippen LogP contribution < -0.4 is 0 Å². The summed E-state index contributed by atoms with van der Waals surface area (Å²) in [7, 11) is 0. The van der Waals surface area contributed by atoms with Gasteiger partial charge in [-0.2, -0.15) is 0 Å². The van der Waals surface area contributed by atoms with Crippen LogP contribution in [0.2, 0.25) is 0 Å². The van der Waals surface area contributed by atoms with Gasteiger partial charge in [-0.05, 0) is 51.5 Å². The topological polar surface area (TPSA) is 20.3 Å². The minimum absolute atomic E-state index is 0.285. The molecule has 2 heteroatoms. The highest BCUT2D eigenvalue weighted by atomic mass is 16.1. The Balaban J connectivity index is 2.02. The van der Waals surface area contributed by atoms with Crippen molar-refractivity contribution in [2.24, 2.45) is 0 Å². The van der Waals surface area contributed by atoms with Crippen molar-refractivity contribution in [3.05, 3.63) is 23.8 Å². The van der Waals surface area contributed by atoms with Gasteiger partial charge in [0, 0.05) is 18.5 Å². The molecule has 1 saturated heterocycles. The van der Waals surface area contributed by atoms with E-state index in [1.807, 2.05) is 0 Å². The maximum atomic E-state index is 12.8. The Kier molecular flexibility index (Phi) is 3.38. The second-order valence-corrected chi connectivity index (χ2v) is 6.47. The zero-order valence-electron chi connectivity index (χ0n) is 12.2. The molecule has 1 saturated carbocycles. The summed E-state index contributed by atoms with van der Waals surface area (Å²) in [5.41, 5.74) is 1.01. The lowest BCUT2D eigenvalue weighted by Gasteiger charge is -2.58. The fourth-order valence-corrected chi connectivity index (χ4v) is 4.43. The summed E-state index contributed by atoms with van der Waals surface area (Å²) in [4.78, 5) is 15.3. The third-order valence-corrected chi connectivity index (χ3v) is 5.20. The fourth-order valence-electron chi connectivity index (χ4n) is 4.43. The van der Waals surface area contributed by atoms with E-state index in [2.05, 4.69) is 37.0 Å². The molecule has 2 nitrogen and oxygen atoms in total. The number of Topliss-reactive ketones (excluding diaryl/α,β-unsaturated/α-hetero) is 1. The molecule has 3 atom stereocenters. The van der Waals surface area contributed by atoms with Crippen LogP contribution in [0.4, 0.5) is 0 Å². The maximum absolute atomic E-state index is 12.8. The molecule has 104 valence electrons. The lowest BCUT2D eigenvalue weighted by atomic mass is 9.69. The van der Waals surface area contributed by atoms with Crippen molar-refractivity contribution in [3.8, 4) is 0 Å². The van der Waals surface area contributed by atoms with Crippen LogP contribution in [0, 0.1) is 0 Å². The number of ketones is 1. The van der Waals surface area contributed by atoms with Crippen LogP contribution in [0.25, 0.3) is 0 Å². The van der Waals surface area contributed by atoms with E-state index in [0.717, 1.165) is 32.1 Å². The molecule has 1 heterocycles. The normalized spacial score (nSPS) is 39.9. The van der Waals surface area contributed by atoms with Crippen molar-refractivity contribution < 1.29 is 4.79 Å². The fraction of sp³-hybridized carbons (Fsp3) is 0.706. The van der Waals surface area contributed by atoms with E-state index in [9.17, 15) is 4.79 Å². The molecule has 0 aromatic carbocycles. The molecule has 0 N–H and O–H groups in total. The molecular weight excluding hydrogens is 234 g/mol. The zero-order valence-corrected chi connectivity index (χ0v) is 12.2. The van der Waals surface area contributed by atoms with E-state index >= 15 is 0 Å². The molecular formula is C17H25NO. The summed E-state index contributed by atoms with van der Waals surface area (Å²) in [5.74, 6) is 0.468. The Hall–Kier alpha value is -0.890. The minimum atomic E-state index is -0.285. The largest absolute Gasteiger partial charge is 0.297 e.